The molecule has 0 aliphatic carbocycles. The molecule has 0 radical (unpaired) electrons. The highest BCUT2D eigenvalue weighted by Gasteiger charge is 2.12. The number of nitrogens with zero attached hydrogens (tertiary/aromatic N) is 2. The maximum absolute atomic E-state index is 10.8. The van der Waals surface area contributed by atoms with E-state index in [0.717, 1.165) is 14.6 Å². The molecular formula is C11H8Br2N4O2. The largest absolute Gasteiger partial charge is 0.383 e. The maximum Gasteiger partial charge on any atom is 0.276 e. The van der Waals surface area contributed by atoms with Crippen LogP contribution in [0.3, 0.4) is 0 Å². The number of pyridine rings is 1. The van der Waals surface area contributed by atoms with Crippen molar-refractivity contribution in [3.63, 3.8) is 0 Å². The number of aromatic nitrogens is 1. The fourth-order valence-electron chi connectivity index (χ4n) is 1.45. The van der Waals surface area contributed by atoms with Crippen molar-refractivity contribution in [3.05, 3.63) is 49.4 Å². The first-order valence-electron chi connectivity index (χ1n) is 5.10. The first-order chi connectivity index (χ1) is 8.97. The van der Waals surface area contributed by atoms with Gasteiger partial charge in [0.1, 0.15) is 11.6 Å². The second kappa shape index (κ2) is 5.54. The van der Waals surface area contributed by atoms with Gasteiger partial charge in [0.25, 0.3) is 5.69 Å². The second-order valence-electron chi connectivity index (χ2n) is 3.61. The van der Waals surface area contributed by atoms with E-state index in [1.54, 1.807) is 0 Å². The zero-order valence-corrected chi connectivity index (χ0v) is 12.6. The molecule has 0 bridgehead atoms. The van der Waals surface area contributed by atoms with Gasteiger partial charge < -0.3 is 11.1 Å². The Kier molecular flexibility index (Phi) is 4.01. The van der Waals surface area contributed by atoms with Crippen LogP contribution in [-0.4, -0.2) is 9.91 Å². The van der Waals surface area contributed by atoms with Gasteiger partial charge in [0, 0.05) is 8.95 Å². The van der Waals surface area contributed by atoms with Crippen molar-refractivity contribution in [3.8, 4) is 0 Å². The summed E-state index contributed by atoms with van der Waals surface area (Å²) in [6, 6.07) is 8.07. The highest BCUT2D eigenvalue weighted by atomic mass is 79.9. The van der Waals surface area contributed by atoms with Gasteiger partial charge in [0.05, 0.1) is 22.7 Å². The number of nitrogens with two attached hydrogens (primary N) is 1. The number of hydrogen-bond donors (Lipinski definition) is 2. The number of halogens is 2. The summed E-state index contributed by atoms with van der Waals surface area (Å²) in [7, 11) is 0. The molecule has 6 nitrogen and oxygen atoms in total. The van der Waals surface area contributed by atoms with Crippen LogP contribution in [0.15, 0.2) is 39.3 Å². The van der Waals surface area contributed by atoms with E-state index in [4.69, 9.17) is 5.73 Å². The predicted octanol–water partition coefficient (Wildman–Crippen LogP) is 3.84. The number of nitrogen functional groups attached to an aromatic ring is 1. The fraction of sp³-hybridized carbons (Fsp3) is 0. The van der Waals surface area contributed by atoms with E-state index in [9.17, 15) is 10.1 Å². The molecular weight excluding hydrogens is 380 g/mol. The summed E-state index contributed by atoms with van der Waals surface area (Å²) in [6.45, 7) is 0. The second-order valence-corrected chi connectivity index (χ2v) is 5.32. The monoisotopic (exact) mass is 386 g/mol. The molecule has 0 aliphatic heterocycles. The number of nitro groups is 1. The molecule has 1 heterocycles. The molecule has 0 saturated carbocycles. The molecule has 1 aromatic heterocycles. The summed E-state index contributed by atoms with van der Waals surface area (Å²) in [5, 5.41) is 13.8. The van der Waals surface area contributed by atoms with Crippen molar-refractivity contribution in [2.45, 2.75) is 0 Å². The molecule has 2 aromatic rings. The lowest BCUT2D eigenvalue weighted by Crippen LogP contribution is -2.00. The van der Waals surface area contributed by atoms with Gasteiger partial charge in [0.2, 0.25) is 0 Å². The summed E-state index contributed by atoms with van der Waals surface area (Å²) >= 11 is 6.77. The minimum absolute atomic E-state index is 0.0832. The Hall–Kier alpha value is -1.67. The van der Waals surface area contributed by atoms with Gasteiger partial charge in [-0.3, -0.25) is 10.1 Å². The van der Waals surface area contributed by atoms with E-state index < -0.39 is 4.92 Å². The van der Waals surface area contributed by atoms with Crippen LogP contribution in [-0.2, 0) is 0 Å². The van der Waals surface area contributed by atoms with Crippen molar-refractivity contribution in [1.29, 1.82) is 0 Å². The third-order valence-electron chi connectivity index (χ3n) is 2.26. The molecule has 0 atom stereocenters. The van der Waals surface area contributed by atoms with E-state index in [1.165, 1.54) is 12.1 Å². The van der Waals surface area contributed by atoms with Crippen LogP contribution in [0.25, 0.3) is 0 Å². The molecule has 8 heteroatoms. The number of rotatable bonds is 3. The third kappa shape index (κ3) is 3.21. The van der Waals surface area contributed by atoms with Gasteiger partial charge in [-0.05, 0) is 44.0 Å². The molecule has 0 unspecified atom stereocenters. The zero-order chi connectivity index (χ0) is 14.0. The highest BCUT2D eigenvalue weighted by Crippen LogP contribution is 2.33. The summed E-state index contributed by atoms with van der Waals surface area (Å²) in [5.74, 6) is 0.388. The van der Waals surface area contributed by atoms with E-state index in [2.05, 4.69) is 42.2 Å². The Morgan fingerprint density at radius 2 is 1.89 bits per heavy atom. The van der Waals surface area contributed by atoms with Gasteiger partial charge in [-0.2, -0.15) is 0 Å². The zero-order valence-electron chi connectivity index (χ0n) is 9.43. The van der Waals surface area contributed by atoms with Gasteiger partial charge in [-0.1, -0.05) is 6.07 Å². The summed E-state index contributed by atoms with van der Waals surface area (Å²) < 4.78 is 1.60. The number of nitrogens with one attached hydrogen (secondary N) is 1. The van der Waals surface area contributed by atoms with Crippen molar-refractivity contribution >= 4 is 54.9 Å². The van der Waals surface area contributed by atoms with Gasteiger partial charge in [0.15, 0.2) is 0 Å². The van der Waals surface area contributed by atoms with Crippen LogP contribution in [0.5, 0.6) is 0 Å². The topological polar surface area (TPSA) is 94.1 Å². The van der Waals surface area contributed by atoms with Gasteiger partial charge in [-0.25, -0.2) is 4.98 Å². The summed E-state index contributed by atoms with van der Waals surface area (Å²) in [6.07, 6.45) is 0. The summed E-state index contributed by atoms with van der Waals surface area (Å²) in [4.78, 5) is 14.3. The first-order valence-corrected chi connectivity index (χ1v) is 6.69. The van der Waals surface area contributed by atoms with Crippen molar-refractivity contribution in [1.82, 2.24) is 4.98 Å². The number of benzene rings is 1. The first kappa shape index (κ1) is 13.8. The fourth-order valence-corrected chi connectivity index (χ4v) is 2.65. The quantitative estimate of drug-likeness (QED) is 0.616. The van der Waals surface area contributed by atoms with Gasteiger partial charge >= 0.3 is 0 Å². The van der Waals surface area contributed by atoms with Crippen LogP contribution in [0.1, 0.15) is 0 Å². The Bertz CT molecular complexity index is 628. The number of anilines is 3. The molecule has 0 saturated heterocycles. The molecule has 19 heavy (non-hydrogen) atoms. The highest BCUT2D eigenvalue weighted by molar-refractivity contribution is 9.11. The van der Waals surface area contributed by atoms with Crippen molar-refractivity contribution in [2.24, 2.45) is 0 Å². The lowest BCUT2D eigenvalue weighted by Gasteiger charge is -2.10. The molecule has 2 rings (SSSR count). The Balaban J connectivity index is 2.41. The smallest absolute Gasteiger partial charge is 0.276 e. The van der Waals surface area contributed by atoms with Crippen molar-refractivity contribution in [2.75, 3.05) is 11.1 Å². The van der Waals surface area contributed by atoms with Crippen LogP contribution in [0, 0.1) is 10.1 Å². The Morgan fingerprint density at radius 3 is 2.47 bits per heavy atom. The molecule has 0 amide bonds. The van der Waals surface area contributed by atoms with Crippen LogP contribution in [0.2, 0.25) is 0 Å². The standard InChI is InChI=1S/C11H8Br2N4O2/c12-7-2-1-3-8(13)11(7)16-10-5-6(17(18)19)4-9(14)15-10/h1-5H,(H3,14,15,16). The minimum atomic E-state index is -0.516. The number of para-hydroxylation sites is 1. The van der Waals surface area contributed by atoms with Crippen LogP contribution in [0.4, 0.5) is 23.0 Å². The Labute approximate surface area is 125 Å². The average Bonchev–Trinajstić information content (AvgIpc) is 2.33. The lowest BCUT2D eigenvalue weighted by atomic mass is 10.3. The van der Waals surface area contributed by atoms with E-state index in [-0.39, 0.29) is 11.5 Å². The minimum Gasteiger partial charge on any atom is -0.383 e. The van der Waals surface area contributed by atoms with E-state index in [1.807, 2.05) is 18.2 Å². The molecule has 98 valence electrons. The van der Waals surface area contributed by atoms with E-state index in [0.29, 0.717) is 5.82 Å². The van der Waals surface area contributed by atoms with E-state index >= 15 is 0 Å². The molecule has 0 fully saturated rings. The van der Waals surface area contributed by atoms with Crippen LogP contribution < -0.4 is 11.1 Å². The average molecular weight is 388 g/mol. The van der Waals surface area contributed by atoms with Crippen LogP contribution >= 0.6 is 31.9 Å². The Morgan fingerprint density at radius 1 is 1.26 bits per heavy atom. The molecule has 1 aromatic carbocycles. The normalized spacial score (nSPS) is 10.2. The lowest BCUT2D eigenvalue weighted by molar-refractivity contribution is -0.384. The van der Waals surface area contributed by atoms with Gasteiger partial charge in [-0.15, -0.1) is 0 Å². The molecule has 3 N–H and O–H groups in total. The number of hydrogen-bond acceptors (Lipinski definition) is 5. The molecule has 0 spiro atoms. The summed E-state index contributed by atoms with van der Waals surface area (Å²) in [5.41, 5.74) is 6.15. The predicted molar refractivity (Wildman–Crippen MR) is 80.4 cm³/mol. The SMILES string of the molecule is Nc1cc([N+](=O)[O-])cc(Nc2c(Br)cccc2Br)n1. The van der Waals surface area contributed by atoms with Crippen molar-refractivity contribution < 1.29 is 4.92 Å². The third-order valence-corrected chi connectivity index (χ3v) is 3.58. The molecule has 0 aliphatic rings. The maximum atomic E-state index is 10.8.